The van der Waals surface area contributed by atoms with Gasteiger partial charge in [0.1, 0.15) is 11.5 Å². The lowest BCUT2D eigenvalue weighted by Gasteiger charge is -2.17. The fourth-order valence-electron chi connectivity index (χ4n) is 2.67. The minimum atomic E-state index is -2.88. The van der Waals surface area contributed by atoms with Crippen LogP contribution in [-0.4, -0.2) is 40.9 Å². The van der Waals surface area contributed by atoms with Gasteiger partial charge in [0.25, 0.3) is 0 Å². The van der Waals surface area contributed by atoms with Crippen molar-refractivity contribution in [2.75, 3.05) is 28.4 Å². The van der Waals surface area contributed by atoms with Crippen molar-refractivity contribution >= 4 is 5.96 Å². The molecule has 2 aromatic rings. The number of nitrogens with one attached hydrogen (secondary N) is 2. The highest BCUT2D eigenvalue weighted by Crippen LogP contribution is 2.34. The number of guanidine groups is 1. The van der Waals surface area contributed by atoms with Gasteiger partial charge in [-0.2, -0.15) is 8.78 Å². The van der Waals surface area contributed by atoms with Gasteiger partial charge in [0, 0.05) is 37.3 Å². The lowest BCUT2D eigenvalue weighted by molar-refractivity contribution is -0.0504. The summed E-state index contributed by atoms with van der Waals surface area (Å²) in [4.78, 5) is 4.15. The number of hydrogen-bond donors (Lipinski definition) is 2. The molecule has 0 aromatic heterocycles. The zero-order valence-electron chi connectivity index (χ0n) is 16.8. The first kappa shape index (κ1) is 22.1. The van der Waals surface area contributed by atoms with Gasteiger partial charge in [-0.1, -0.05) is 18.2 Å². The lowest BCUT2D eigenvalue weighted by Crippen LogP contribution is -2.36. The summed E-state index contributed by atoms with van der Waals surface area (Å²) in [5.41, 5.74) is 1.41. The Morgan fingerprint density at radius 3 is 2.03 bits per heavy atom. The lowest BCUT2D eigenvalue weighted by atomic mass is 10.1. The predicted octanol–water partition coefficient (Wildman–Crippen LogP) is 3.18. The van der Waals surface area contributed by atoms with E-state index in [0.29, 0.717) is 35.3 Å². The summed E-state index contributed by atoms with van der Waals surface area (Å²) >= 11 is 0. The number of alkyl halides is 2. The average molecular weight is 409 g/mol. The molecule has 0 unspecified atom stereocenters. The molecule has 9 heteroatoms. The second kappa shape index (κ2) is 10.9. The van der Waals surface area contributed by atoms with Gasteiger partial charge in [0.05, 0.1) is 21.3 Å². The van der Waals surface area contributed by atoms with Gasteiger partial charge < -0.3 is 29.6 Å². The van der Waals surface area contributed by atoms with E-state index in [1.165, 1.54) is 6.07 Å². The fraction of sp³-hybridized carbons (Fsp3) is 0.350. The summed E-state index contributed by atoms with van der Waals surface area (Å²) in [7, 11) is 6.29. The standard InChI is InChI=1S/C20H25F2N3O4/c1-23-20(24-11-13-7-5-6-8-15(13)29-19(21)22)25-12-14-9-17(27-3)18(28-4)10-16(14)26-2/h5-10,19H,11-12H2,1-4H3,(H2,23,24,25). The molecule has 0 aliphatic carbocycles. The van der Waals surface area contributed by atoms with Crippen LogP contribution in [0.1, 0.15) is 11.1 Å². The highest BCUT2D eigenvalue weighted by Gasteiger charge is 2.13. The highest BCUT2D eigenvalue weighted by atomic mass is 19.3. The molecule has 2 aromatic carbocycles. The number of aliphatic imine (C=N–C) groups is 1. The topological polar surface area (TPSA) is 73.3 Å². The van der Waals surface area contributed by atoms with E-state index < -0.39 is 6.61 Å². The van der Waals surface area contributed by atoms with Crippen LogP contribution >= 0.6 is 0 Å². The monoisotopic (exact) mass is 409 g/mol. The predicted molar refractivity (Wildman–Crippen MR) is 106 cm³/mol. The van der Waals surface area contributed by atoms with Gasteiger partial charge in [-0.25, -0.2) is 0 Å². The van der Waals surface area contributed by atoms with Crippen LogP contribution in [-0.2, 0) is 13.1 Å². The second-order valence-corrected chi connectivity index (χ2v) is 5.78. The number of methoxy groups -OCH3 is 3. The SMILES string of the molecule is CN=C(NCc1cc(OC)c(OC)cc1OC)NCc1ccccc1OC(F)F. The smallest absolute Gasteiger partial charge is 0.387 e. The van der Waals surface area contributed by atoms with E-state index in [9.17, 15) is 8.78 Å². The highest BCUT2D eigenvalue weighted by molar-refractivity contribution is 5.79. The van der Waals surface area contributed by atoms with Crippen LogP contribution in [0.3, 0.4) is 0 Å². The molecule has 2 rings (SSSR count). The molecule has 2 N–H and O–H groups in total. The van der Waals surface area contributed by atoms with E-state index in [2.05, 4.69) is 20.4 Å². The molecule has 0 heterocycles. The van der Waals surface area contributed by atoms with E-state index in [0.717, 1.165) is 5.56 Å². The van der Waals surface area contributed by atoms with Crippen LogP contribution in [0.15, 0.2) is 41.4 Å². The van der Waals surface area contributed by atoms with E-state index in [4.69, 9.17) is 14.2 Å². The first-order valence-corrected chi connectivity index (χ1v) is 8.78. The Morgan fingerprint density at radius 2 is 1.45 bits per heavy atom. The molecule has 0 fully saturated rings. The van der Waals surface area contributed by atoms with Crippen molar-refractivity contribution < 1.29 is 27.7 Å². The fourth-order valence-corrected chi connectivity index (χ4v) is 2.67. The van der Waals surface area contributed by atoms with Crippen molar-refractivity contribution in [2.24, 2.45) is 4.99 Å². The number of nitrogens with zero attached hydrogens (tertiary/aromatic N) is 1. The van der Waals surface area contributed by atoms with Gasteiger partial charge >= 0.3 is 6.61 Å². The van der Waals surface area contributed by atoms with Crippen LogP contribution in [0, 0.1) is 0 Å². The van der Waals surface area contributed by atoms with E-state index in [-0.39, 0.29) is 12.3 Å². The number of halogens is 2. The van der Waals surface area contributed by atoms with E-state index >= 15 is 0 Å². The summed E-state index contributed by atoms with van der Waals surface area (Å²) in [5.74, 6) is 2.36. The molecule has 29 heavy (non-hydrogen) atoms. The first-order valence-electron chi connectivity index (χ1n) is 8.78. The number of benzene rings is 2. The Hall–Kier alpha value is -3.23. The molecule has 0 aliphatic heterocycles. The third-order valence-electron chi connectivity index (χ3n) is 4.09. The van der Waals surface area contributed by atoms with Crippen LogP contribution in [0.5, 0.6) is 23.0 Å². The van der Waals surface area contributed by atoms with Gasteiger partial charge in [0.2, 0.25) is 0 Å². The summed E-state index contributed by atoms with van der Waals surface area (Å²) in [5, 5.41) is 6.23. The Balaban J connectivity index is 2.05. The van der Waals surface area contributed by atoms with E-state index in [1.54, 1.807) is 52.6 Å². The van der Waals surface area contributed by atoms with Crippen LogP contribution in [0.4, 0.5) is 8.78 Å². The number of hydrogen-bond acceptors (Lipinski definition) is 5. The summed E-state index contributed by atoms with van der Waals surface area (Å²) < 4.78 is 45.7. The van der Waals surface area contributed by atoms with Crippen molar-refractivity contribution in [2.45, 2.75) is 19.7 Å². The quantitative estimate of drug-likeness (QED) is 0.490. The average Bonchev–Trinajstić information content (AvgIpc) is 2.73. The van der Waals surface area contributed by atoms with Crippen molar-refractivity contribution in [3.05, 3.63) is 47.5 Å². The van der Waals surface area contributed by atoms with Gasteiger partial charge in [-0.15, -0.1) is 0 Å². The largest absolute Gasteiger partial charge is 0.496 e. The molecule has 158 valence electrons. The molecule has 0 bridgehead atoms. The molecule has 0 saturated carbocycles. The van der Waals surface area contributed by atoms with Gasteiger partial charge in [0.15, 0.2) is 17.5 Å². The summed E-state index contributed by atoms with van der Waals surface area (Å²) in [6.07, 6.45) is 0. The minimum Gasteiger partial charge on any atom is -0.496 e. The molecule has 0 spiro atoms. The third-order valence-corrected chi connectivity index (χ3v) is 4.09. The molecular formula is C20H25F2N3O4. The molecule has 0 saturated heterocycles. The van der Waals surface area contributed by atoms with Crippen molar-refractivity contribution in [1.29, 1.82) is 0 Å². The minimum absolute atomic E-state index is 0.118. The molecule has 0 radical (unpaired) electrons. The van der Waals surface area contributed by atoms with Crippen LogP contribution in [0.2, 0.25) is 0 Å². The third kappa shape index (κ3) is 6.13. The Kier molecular flexibility index (Phi) is 8.32. The molecular weight excluding hydrogens is 384 g/mol. The normalized spacial score (nSPS) is 11.2. The molecule has 0 amide bonds. The maximum Gasteiger partial charge on any atom is 0.387 e. The Bertz CT molecular complexity index is 831. The number of para-hydroxylation sites is 1. The van der Waals surface area contributed by atoms with E-state index in [1.807, 2.05) is 6.07 Å². The first-order chi connectivity index (χ1) is 14.0. The maximum absolute atomic E-state index is 12.6. The Morgan fingerprint density at radius 1 is 0.862 bits per heavy atom. The second-order valence-electron chi connectivity index (χ2n) is 5.78. The molecule has 7 nitrogen and oxygen atoms in total. The number of ether oxygens (including phenoxy) is 4. The van der Waals surface area contributed by atoms with Crippen LogP contribution < -0.4 is 29.6 Å². The number of rotatable bonds is 9. The molecule has 0 atom stereocenters. The van der Waals surface area contributed by atoms with Gasteiger partial charge in [-0.05, 0) is 12.1 Å². The maximum atomic E-state index is 12.6. The molecule has 0 aliphatic rings. The zero-order chi connectivity index (χ0) is 21.2. The zero-order valence-corrected chi connectivity index (χ0v) is 16.8. The van der Waals surface area contributed by atoms with Crippen LogP contribution in [0.25, 0.3) is 0 Å². The van der Waals surface area contributed by atoms with Gasteiger partial charge in [-0.3, -0.25) is 4.99 Å². The van der Waals surface area contributed by atoms with Crippen molar-refractivity contribution in [1.82, 2.24) is 10.6 Å². The summed E-state index contributed by atoms with van der Waals surface area (Å²) in [6.45, 7) is -2.24. The Labute approximate surface area is 168 Å². The van der Waals surface area contributed by atoms with Crippen molar-refractivity contribution in [3.8, 4) is 23.0 Å². The summed E-state index contributed by atoms with van der Waals surface area (Å²) in [6, 6.07) is 10.1. The van der Waals surface area contributed by atoms with Crippen molar-refractivity contribution in [3.63, 3.8) is 0 Å².